The number of rotatable bonds is 6. The second-order valence-electron chi connectivity index (χ2n) is 5.77. The Balaban J connectivity index is 2.14. The second-order valence-corrected chi connectivity index (χ2v) is 5.77. The molecule has 0 saturated heterocycles. The summed E-state index contributed by atoms with van der Waals surface area (Å²) < 4.78 is 0. The number of Topliss-reactive ketones (excluding diaryl/α,β-unsaturated/α-hetero) is 1. The Morgan fingerprint density at radius 2 is 1.60 bits per heavy atom. The highest BCUT2D eigenvalue weighted by molar-refractivity contribution is 6.02. The molecule has 5 nitrogen and oxygen atoms in total. The van der Waals surface area contributed by atoms with Crippen molar-refractivity contribution < 1.29 is 14.4 Å². The Labute approximate surface area is 147 Å². The van der Waals surface area contributed by atoms with E-state index in [2.05, 4.69) is 5.32 Å². The quantitative estimate of drug-likeness (QED) is 0.821. The summed E-state index contributed by atoms with van der Waals surface area (Å²) in [6.07, 6.45) is 0.805. The number of hydrogen-bond acceptors (Lipinski definition) is 3. The van der Waals surface area contributed by atoms with Crippen LogP contribution in [0.25, 0.3) is 0 Å². The number of amides is 2. The topological polar surface area (TPSA) is 66.5 Å². The maximum atomic E-state index is 12.4. The van der Waals surface area contributed by atoms with Crippen LogP contribution in [-0.2, 0) is 16.0 Å². The molecule has 5 heteroatoms. The van der Waals surface area contributed by atoms with Crippen molar-refractivity contribution in [3.05, 3.63) is 59.7 Å². The Morgan fingerprint density at radius 3 is 2.16 bits per heavy atom. The molecular formula is C20H22N2O3. The molecule has 0 heterocycles. The number of anilines is 2. The van der Waals surface area contributed by atoms with Crippen molar-refractivity contribution in [2.75, 3.05) is 16.8 Å². The van der Waals surface area contributed by atoms with E-state index in [1.54, 1.807) is 24.3 Å². The monoisotopic (exact) mass is 338 g/mol. The molecular weight excluding hydrogens is 316 g/mol. The van der Waals surface area contributed by atoms with Crippen molar-refractivity contribution in [3.63, 3.8) is 0 Å². The number of nitrogens with zero attached hydrogens (tertiary/aromatic N) is 1. The number of para-hydroxylation sites is 1. The Hall–Kier alpha value is -2.95. The van der Waals surface area contributed by atoms with Gasteiger partial charge in [-0.2, -0.15) is 0 Å². The smallest absolute Gasteiger partial charge is 0.244 e. The van der Waals surface area contributed by atoms with Crippen molar-refractivity contribution in [2.45, 2.75) is 27.2 Å². The third-order valence-electron chi connectivity index (χ3n) is 3.94. The predicted molar refractivity (Wildman–Crippen MR) is 98.9 cm³/mol. The fourth-order valence-corrected chi connectivity index (χ4v) is 2.54. The van der Waals surface area contributed by atoms with Crippen molar-refractivity contribution in [2.24, 2.45) is 0 Å². The van der Waals surface area contributed by atoms with E-state index >= 15 is 0 Å². The van der Waals surface area contributed by atoms with E-state index in [-0.39, 0.29) is 24.1 Å². The Kier molecular flexibility index (Phi) is 6.06. The zero-order valence-electron chi connectivity index (χ0n) is 14.7. The van der Waals surface area contributed by atoms with Gasteiger partial charge in [-0.1, -0.05) is 25.1 Å². The van der Waals surface area contributed by atoms with Gasteiger partial charge in [0.15, 0.2) is 5.78 Å². The van der Waals surface area contributed by atoms with Gasteiger partial charge in [-0.05, 0) is 49.2 Å². The molecule has 0 bridgehead atoms. The van der Waals surface area contributed by atoms with Gasteiger partial charge in [-0.3, -0.25) is 14.4 Å². The maximum Gasteiger partial charge on any atom is 0.244 e. The number of ketones is 1. The van der Waals surface area contributed by atoms with Gasteiger partial charge in [0, 0.05) is 23.9 Å². The molecule has 130 valence electrons. The lowest BCUT2D eigenvalue weighted by Crippen LogP contribution is -2.36. The first kappa shape index (κ1) is 18.4. The molecule has 0 aliphatic rings. The lowest BCUT2D eigenvalue weighted by molar-refractivity contribution is -0.120. The zero-order chi connectivity index (χ0) is 18.4. The minimum atomic E-state index is -0.272. The van der Waals surface area contributed by atoms with E-state index in [1.807, 2.05) is 31.2 Å². The summed E-state index contributed by atoms with van der Waals surface area (Å²) in [5.74, 6) is -0.559. The highest BCUT2D eigenvalue weighted by Gasteiger charge is 2.17. The van der Waals surface area contributed by atoms with Crippen molar-refractivity contribution in [1.29, 1.82) is 0 Å². The Morgan fingerprint density at radius 1 is 0.960 bits per heavy atom. The fourth-order valence-electron chi connectivity index (χ4n) is 2.54. The van der Waals surface area contributed by atoms with E-state index in [0.29, 0.717) is 11.3 Å². The molecule has 0 aliphatic heterocycles. The lowest BCUT2D eigenvalue weighted by atomic mass is 10.1. The molecule has 2 rings (SSSR count). The standard InChI is InChI=1S/C20H22N2O3/c1-4-16-7-5-6-8-19(16)21-20(25)13-22(15(3)24)18-11-9-17(10-12-18)14(2)23/h5-12H,4,13H2,1-3H3,(H,21,25). The third kappa shape index (κ3) is 4.76. The second kappa shape index (κ2) is 8.24. The Bertz CT molecular complexity index is 782. The largest absolute Gasteiger partial charge is 0.324 e. The SMILES string of the molecule is CCc1ccccc1NC(=O)CN(C(C)=O)c1ccc(C(C)=O)cc1. The van der Waals surface area contributed by atoms with E-state index < -0.39 is 0 Å². The number of carbonyl (C=O) groups is 3. The highest BCUT2D eigenvalue weighted by atomic mass is 16.2. The summed E-state index contributed by atoms with van der Waals surface area (Å²) in [7, 11) is 0. The number of carbonyl (C=O) groups excluding carboxylic acids is 3. The molecule has 1 N–H and O–H groups in total. The van der Waals surface area contributed by atoms with Gasteiger partial charge in [-0.25, -0.2) is 0 Å². The van der Waals surface area contributed by atoms with E-state index in [1.165, 1.54) is 18.7 Å². The predicted octanol–water partition coefficient (Wildman–Crippen LogP) is 3.44. The summed E-state index contributed by atoms with van der Waals surface area (Å²) in [4.78, 5) is 37.1. The van der Waals surface area contributed by atoms with Gasteiger partial charge in [0.05, 0.1) is 0 Å². The summed E-state index contributed by atoms with van der Waals surface area (Å²) in [5.41, 5.74) is 2.94. The third-order valence-corrected chi connectivity index (χ3v) is 3.94. The molecule has 0 atom stereocenters. The van der Waals surface area contributed by atoms with Gasteiger partial charge < -0.3 is 10.2 Å². The van der Waals surface area contributed by atoms with E-state index in [0.717, 1.165) is 17.7 Å². The molecule has 2 amide bonds. The zero-order valence-corrected chi connectivity index (χ0v) is 14.7. The molecule has 25 heavy (non-hydrogen) atoms. The number of aryl methyl sites for hydroxylation is 1. The van der Waals surface area contributed by atoms with Crippen molar-refractivity contribution in [1.82, 2.24) is 0 Å². The number of hydrogen-bond donors (Lipinski definition) is 1. The van der Waals surface area contributed by atoms with Crippen LogP contribution in [0.15, 0.2) is 48.5 Å². The van der Waals surface area contributed by atoms with E-state index in [9.17, 15) is 14.4 Å². The normalized spacial score (nSPS) is 10.2. The first-order valence-corrected chi connectivity index (χ1v) is 8.19. The van der Waals surface area contributed by atoms with E-state index in [4.69, 9.17) is 0 Å². The van der Waals surface area contributed by atoms with Gasteiger partial charge >= 0.3 is 0 Å². The van der Waals surface area contributed by atoms with Crippen LogP contribution >= 0.6 is 0 Å². The van der Waals surface area contributed by atoms with Crippen LogP contribution in [0.5, 0.6) is 0 Å². The van der Waals surface area contributed by atoms with Gasteiger partial charge in [0.1, 0.15) is 6.54 Å². The summed E-state index contributed by atoms with van der Waals surface area (Å²) >= 11 is 0. The fraction of sp³-hybridized carbons (Fsp3) is 0.250. The summed E-state index contributed by atoms with van der Waals surface area (Å²) in [6, 6.07) is 14.2. The first-order chi connectivity index (χ1) is 11.9. The van der Waals surface area contributed by atoms with Crippen LogP contribution in [0.4, 0.5) is 11.4 Å². The molecule has 0 saturated carbocycles. The van der Waals surface area contributed by atoms with Crippen LogP contribution in [0.1, 0.15) is 36.7 Å². The molecule has 0 radical (unpaired) electrons. The summed E-state index contributed by atoms with van der Waals surface area (Å²) in [6.45, 7) is 4.82. The molecule has 2 aromatic carbocycles. The van der Waals surface area contributed by atoms with Crippen molar-refractivity contribution in [3.8, 4) is 0 Å². The van der Waals surface area contributed by atoms with Crippen LogP contribution in [0.2, 0.25) is 0 Å². The minimum absolute atomic E-state index is 0.0464. The van der Waals surface area contributed by atoms with Crippen molar-refractivity contribution >= 4 is 29.0 Å². The average molecular weight is 338 g/mol. The number of nitrogens with one attached hydrogen (secondary N) is 1. The molecule has 0 aromatic heterocycles. The lowest BCUT2D eigenvalue weighted by Gasteiger charge is -2.21. The first-order valence-electron chi connectivity index (χ1n) is 8.19. The van der Waals surface area contributed by atoms with Crippen LogP contribution in [-0.4, -0.2) is 24.1 Å². The van der Waals surface area contributed by atoms with Gasteiger partial charge in [0.2, 0.25) is 11.8 Å². The summed E-state index contributed by atoms with van der Waals surface area (Å²) in [5, 5.41) is 2.86. The average Bonchev–Trinajstić information content (AvgIpc) is 2.60. The molecule has 0 spiro atoms. The maximum absolute atomic E-state index is 12.4. The molecule has 0 aliphatic carbocycles. The molecule has 0 unspecified atom stereocenters. The molecule has 2 aromatic rings. The van der Waals surface area contributed by atoms with Gasteiger partial charge in [-0.15, -0.1) is 0 Å². The van der Waals surface area contributed by atoms with Crippen LogP contribution in [0.3, 0.4) is 0 Å². The number of benzene rings is 2. The van der Waals surface area contributed by atoms with Gasteiger partial charge in [0.25, 0.3) is 0 Å². The highest BCUT2D eigenvalue weighted by Crippen LogP contribution is 2.18. The molecule has 0 fully saturated rings. The minimum Gasteiger partial charge on any atom is -0.324 e. The van der Waals surface area contributed by atoms with Crippen LogP contribution in [0, 0.1) is 0 Å². The van der Waals surface area contributed by atoms with Crippen LogP contribution < -0.4 is 10.2 Å².